The van der Waals surface area contributed by atoms with Crippen LogP contribution in [0.25, 0.3) is 0 Å². The number of carbonyl (C=O) groups is 1. The summed E-state index contributed by atoms with van der Waals surface area (Å²) < 4.78 is 0. The topological polar surface area (TPSA) is 130 Å². The van der Waals surface area contributed by atoms with Crippen molar-refractivity contribution in [1.29, 1.82) is 0 Å². The first kappa shape index (κ1) is 21.3. The number of carboxylic acids is 1. The number of carboxylic acid groups (broad SMARTS) is 1. The lowest BCUT2D eigenvalue weighted by atomic mass is 9.81. The minimum Gasteiger partial charge on any atom is -0.480 e. The maximum atomic E-state index is 10.5. The van der Waals surface area contributed by atoms with Gasteiger partial charge in [0, 0.05) is 0 Å². The van der Waals surface area contributed by atoms with Gasteiger partial charge in [-0.3, -0.25) is 4.79 Å². The van der Waals surface area contributed by atoms with Crippen LogP contribution >= 0.6 is 24.8 Å². The Morgan fingerprint density at radius 3 is 2.12 bits per heavy atom. The van der Waals surface area contributed by atoms with Gasteiger partial charge < -0.3 is 26.6 Å². The highest BCUT2D eigenvalue weighted by molar-refractivity contribution is 6.40. The monoisotopic (exact) mass is 276 g/mol. The van der Waals surface area contributed by atoms with E-state index in [2.05, 4.69) is 0 Å². The third-order valence-electron chi connectivity index (χ3n) is 2.13. The molecule has 9 heteroatoms. The highest BCUT2D eigenvalue weighted by atomic mass is 35.5. The first-order chi connectivity index (χ1) is 6.49. The summed E-state index contributed by atoms with van der Waals surface area (Å²) in [4.78, 5) is 10.5. The Bertz CT molecular complexity index is 188. The van der Waals surface area contributed by atoms with Crippen molar-refractivity contribution in [2.45, 2.75) is 25.2 Å². The van der Waals surface area contributed by atoms with E-state index in [1.165, 1.54) is 0 Å². The molecule has 0 spiro atoms. The molecule has 0 aliphatic rings. The maximum absolute atomic E-state index is 10.5. The van der Waals surface area contributed by atoms with Crippen LogP contribution in [0.5, 0.6) is 0 Å². The summed E-state index contributed by atoms with van der Waals surface area (Å²) in [5.74, 6) is -1.39. The summed E-state index contributed by atoms with van der Waals surface area (Å²) in [6.07, 6.45) is 1.20. The maximum Gasteiger partial charge on any atom is 0.451 e. The Kier molecular flexibility index (Phi) is 15.2. The first-order valence-corrected chi connectivity index (χ1v) is 4.53. The molecular formula is C7H19BCl2N2O4. The summed E-state index contributed by atoms with van der Waals surface area (Å²) >= 11 is 0. The van der Waals surface area contributed by atoms with E-state index in [1.807, 2.05) is 0 Å². The molecule has 0 saturated carbocycles. The van der Waals surface area contributed by atoms with E-state index in [4.69, 9.17) is 26.6 Å². The zero-order valence-corrected chi connectivity index (χ0v) is 10.4. The fourth-order valence-corrected chi connectivity index (χ4v) is 1.21. The summed E-state index contributed by atoms with van der Waals surface area (Å²) in [6, 6.07) is -0.976. The molecule has 0 amide bonds. The quantitative estimate of drug-likeness (QED) is 0.382. The normalized spacial score (nSPS) is 13.0. The lowest BCUT2D eigenvalue weighted by molar-refractivity contribution is -0.139. The molecule has 6 nitrogen and oxygen atoms in total. The van der Waals surface area contributed by atoms with Crippen LogP contribution in [0, 0.1) is 5.92 Å². The van der Waals surface area contributed by atoms with Gasteiger partial charge in [0.25, 0.3) is 0 Å². The second-order valence-corrected chi connectivity index (χ2v) is 3.27. The van der Waals surface area contributed by atoms with Crippen LogP contribution in [0.1, 0.15) is 12.8 Å². The van der Waals surface area contributed by atoms with Gasteiger partial charge in [-0.1, -0.05) is 6.42 Å². The average Bonchev–Trinajstić information content (AvgIpc) is 2.10. The molecule has 2 atom stereocenters. The van der Waals surface area contributed by atoms with Gasteiger partial charge in [-0.05, 0) is 25.2 Å². The second-order valence-electron chi connectivity index (χ2n) is 3.27. The molecular weight excluding hydrogens is 258 g/mol. The number of rotatable bonds is 7. The van der Waals surface area contributed by atoms with Crippen molar-refractivity contribution in [3.63, 3.8) is 0 Å². The third kappa shape index (κ3) is 9.20. The predicted molar refractivity (Wildman–Crippen MR) is 66.9 cm³/mol. The van der Waals surface area contributed by atoms with Crippen molar-refractivity contribution in [3.05, 3.63) is 0 Å². The van der Waals surface area contributed by atoms with Gasteiger partial charge in [0.2, 0.25) is 0 Å². The van der Waals surface area contributed by atoms with E-state index < -0.39 is 19.1 Å². The van der Waals surface area contributed by atoms with E-state index >= 15 is 0 Å². The fourth-order valence-electron chi connectivity index (χ4n) is 1.21. The molecule has 0 saturated heterocycles. The smallest absolute Gasteiger partial charge is 0.451 e. The van der Waals surface area contributed by atoms with Crippen LogP contribution < -0.4 is 11.5 Å². The summed E-state index contributed by atoms with van der Waals surface area (Å²) in [7, 11) is -1.35. The fraction of sp³-hybridized carbons (Fsp3) is 0.857. The van der Waals surface area contributed by atoms with E-state index in [-0.39, 0.29) is 43.6 Å². The van der Waals surface area contributed by atoms with Gasteiger partial charge in [-0.15, -0.1) is 24.8 Å². The standard InChI is InChI=1S/C7H17BN2O4.2ClH/c9-4-5(6(10)7(11)12)2-1-3-8(13)14;;/h5-6,13-14H,1-4,9-10H2,(H,11,12);2*1H/t5-,6+;;/m1../s1. The number of hydrogen-bond acceptors (Lipinski definition) is 5. The van der Waals surface area contributed by atoms with Crippen LogP contribution in [0.4, 0.5) is 0 Å². The predicted octanol–water partition coefficient (Wildman–Crippen LogP) is -0.930. The number of nitrogens with two attached hydrogens (primary N) is 2. The average molecular weight is 277 g/mol. The molecule has 16 heavy (non-hydrogen) atoms. The largest absolute Gasteiger partial charge is 0.480 e. The summed E-state index contributed by atoms with van der Waals surface area (Å²) in [5, 5.41) is 25.7. The Labute approximate surface area is 107 Å². The van der Waals surface area contributed by atoms with Crippen molar-refractivity contribution < 1.29 is 19.9 Å². The Hall–Kier alpha value is -0.0451. The Morgan fingerprint density at radius 2 is 1.81 bits per heavy atom. The number of hydrogen-bond donors (Lipinski definition) is 5. The van der Waals surface area contributed by atoms with Gasteiger partial charge in [0.1, 0.15) is 6.04 Å². The van der Waals surface area contributed by atoms with Crippen molar-refractivity contribution in [1.82, 2.24) is 0 Å². The van der Waals surface area contributed by atoms with Crippen LogP contribution in [-0.4, -0.2) is 40.8 Å². The molecule has 0 radical (unpaired) electrons. The zero-order valence-electron chi connectivity index (χ0n) is 8.78. The lowest BCUT2D eigenvalue weighted by Gasteiger charge is -2.18. The molecule has 0 unspecified atom stereocenters. The molecule has 0 bridgehead atoms. The van der Waals surface area contributed by atoms with Gasteiger partial charge in [0.15, 0.2) is 0 Å². The van der Waals surface area contributed by atoms with Crippen molar-refractivity contribution in [2.75, 3.05) is 6.54 Å². The lowest BCUT2D eigenvalue weighted by Crippen LogP contribution is -2.41. The molecule has 0 aromatic rings. The number of aliphatic carboxylic acids is 1. The molecule has 0 aromatic carbocycles. The van der Waals surface area contributed by atoms with Crippen molar-refractivity contribution in [3.8, 4) is 0 Å². The molecule has 0 rings (SSSR count). The highest BCUT2D eigenvalue weighted by Gasteiger charge is 2.22. The van der Waals surface area contributed by atoms with Gasteiger partial charge in [-0.25, -0.2) is 0 Å². The van der Waals surface area contributed by atoms with Crippen LogP contribution in [0.3, 0.4) is 0 Å². The molecule has 0 aliphatic heterocycles. The SMILES string of the molecule is Cl.Cl.NC[C@@H](CCCB(O)O)[C@H](N)C(=O)O. The van der Waals surface area contributed by atoms with Crippen LogP contribution in [0.2, 0.25) is 6.32 Å². The van der Waals surface area contributed by atoms with Gasteiger partial charge in [-0.2, -0.15) is 0 Å². The second kappa shape index (κ2) is 11.4. The van der Waals surface area contributed by atoms with E-state index in [9.17, 15) is 4.79 Å². The first-order valence-electron chi connectivity index (χ1n) is 4.53. The molecule has 0 fully saturated rings. The molecule has 0 aromatic heterocycles. The Balaban J connectivity index is -0.000000845. The zero-order chi connectivity index (χ0) is 11.1. The molecule has 98 valence electrons. The van der Waals surface area contributed by atoms with E-state index in [0.29, 0.717) is 12.8 Å². The van der Waals surface area contributed by atoms with Crippen molar-refractivity contribution in [2.24, 2.45) is 17.4 Å². The highest BCUT2D eigenvalue weighted by Crippen LogP contribution is 2.11. The molecule has 7 N–H and O–H groups in total. The minimum absolute atomic E-state index is 0. The van der Waals surface area contributed by atoms with Gasteiger partial charge in [0.05, 0.1) is 0 Å². The van der Waals surface area contributed by atoms with E-state index in [0.717, 1.165) is 0 Å². The Morgan fingerprint density at radius 1 is 1.31 bits per heavy atom. The van der Waals surface area contributed by atoms with Gasteiger partial charge >= 0.3 is 13.1 Å². The summed E-state index contributed by atoms with van der Waals surface area (Å²) in [6.45, 7) is 0.189. The van der Waals surface area contributed by atoms with E-state index in [1.54, 1.807) is 0 Å². The molecule has 0 heterocycles. The molecule has 0 aliphatic carbocycles. The third-order valence-corrected chi connectivity index (χ3v) is 2.13. The minimum atomic E-state index is -1.35. The van der Waals surface area contributed by atoms with Crippen molar-refractivity contribution >= 4 is 37.9 Å². The number of halogens is 2. The summed E-state index contributed by atoms with van der Waals surface area (Å²) in [5.41, 5.74) is 10.7. The van der Waals surface area contributed by atoms with Crippen LogP contribution in [-0.2, 0) is 4.79 Å². The van der Waals surface area contributed by atoms with Crippen LogP contribution in [0.15, 0.2) is 0 Å².